The highest BCUT2D eigenvalue weighted by atomic mass is 16.2. The molecule has 0 aliphatic carbocycles. The third kappa shape index (κ3) is 4.15. The van der Waals surface area contributed by atoms with E-state index in [0.717, 1.165) is 12.8 Å². The van der Waals surface area contributed by atoms with E-state index >= 15 is 0 Å². The lowest BCUT2D eigenvalue weighted by molar-refractivity contribution is 0.208. The molecule has 0 aliphatic rings. The van der Waals surface area contributed by atoms with Crippen LogP contribution >= 0.6 is 0 Å². The Bertz CT molecular complexity index is 153. The van der Waals surface area contributed by atoms with E-state index < -0.39 is 0 Å². The van der Waals surface area contributed by atoms with Crippen molar-refractivity contribution >= 4 is 6.03 Å². The molecule has 1 N–H and O–H groups in total. The standard InChI is InChI=1S/C10H22N2O/c1-6-9(7-2)8(3)11-10(13)12(4)5/h8-9H,6-7H2,1-5H3,(H,11,13). The fourth-order valence-electron chi connectivity index (χ4n) is 1.44. The highest BCUT2D eigenvalue weighted by Crippen LogP contribution is 2.12. The van der Waals surface area contributed by atoms with Crippen molar-refractivity contribution in [2.24, 2.45) is 5.92 Å². The normalized spacial score (nSPS) is 12.8. The first-order valence-electron chi connectivity index (χ1n) is 5.00. The lowest BCUT2D eigenvalue weighted by Gasteiger charge is -2.24. The molecule has 78 valence electrons. The molecule has 0 spiro atoms. The maximum Gasteiger partial charge on any atom is 0.317 e. The lowest BCUT2D eigenvalue weighted by Crippen LogP contribution is -2.43. The zero-order valence-electron chi connectivity index (χ0n) is 9.42. The van der Waals surface area contributed by atoms with Crippen LogP contribution in [-0.4, -0.2) is 31.1 Å². The van der Waals surface area contributed by atoms with Crippen molar-refractivity contribution < 1.29 is 4.79 Å². The topological polar surface area (TPSA) is 32.3 Å². The molecule has 0 saturated heterocycles. The molecule has 0 fully saturated rings. The van der Waals surface area contributed by atoms with Crippen LogP contribution in [0.2, 0.25) is 0 Å². The SMILES string of the molecule is CCC(CC)C(C)NC(=O)N(C)C. The van der Waals surface area contributed by atoms with E-state index in [4.69, 9.17) is 0 Å². The lowest BCUT2D eigenvalue weighted by atomic mass is 9.96. The quantitative estimate of drug-likeness (QED) is 0.716. The van der Waals surface area contributed by atoms with Gasteiger partial charge in [0, 0.05) is 20.1 Å². The summed E-state index contributed by atoms with van der Waals surface area (Å²) < 4.78 is 0. The average Bonchev–Trinajstić information content (AvgIpc) is 2.06. The van der Waals surface area contributed by atoms with Gasteiger partial charge in [0.1, 0.15) is 0 Å². The molecule has 0 heterocycles. The smallest absolute Gasteiger partial charge is 0.317 e. The molecule has 0 saturated carbocycles. The van der Waals surface area contributed by atoms with Gasteiger partial charge in [-0.05, 0) is 12.8 Å². The predicted molar refractivity (Wildman–Crippen MR) is 55.8 cm³/mol. The second kappa shape index (κ2) is 5.84. The molecule has 2 amide bonds. The molecule has 0 aromatic heterocycles. The Morgan fingerprint density at radius 2 is 1.77 bits per heavy atom. The number of rotatable bonds is 4. The van der Waals surface area contributed by atoms with E-state index in [1.54, 1.807) is 19.0 Å². The zero-order chi connectivity index (χ0) is 10.4. The number of nitrogens with one attached hydrogen (secondary N) is 1. The largest absolute Gasteiger partial charge is 0.335 e. The molecule has 13 heavy (non-hydrogen) atoms. The number of carbonyl (C=O) groups is 1. The van der Waals surface area contributed by atoms with Crippen molar-refractivity contribution in [2.45, 2.75) is 39.7 Å². The molecule has 3 heteroatoms. The number of hydrogen-bond acceptors (Lipinski definition) is 1. The Balaban J connectivity index is 3.97. The van der Waals surface area contributed by atoms with Crippen LogP contribution in [0, 0.1) is 5.92 Å². The van der Waals surface area contributed by atoms with E-state index in [9.17, 15) is 4.79 Å². The predicted octanol–water partition coefficient (Wildman–Crippen LogP) is 2.08. The van der Waals surface area contributed by atoms with Crippen LogP contribution in [-0.2, 0) is 0 Å². The molecule has 0 bridgehead atoms. The minimum Gasteiger partial charge on any atom is -0.335 e. The van der Waals surface area contributed by atoms with Crippen molar-refractivity contribution in [1.82, 2.24) is 10.2 Å². The molecule has 1 atom stereocenters. The Morgan fingerprint density at radius 1 is 1.31 bits per heavy atom. The highest BCUT2D eigenvalue weighted by Gasteiger charge is 2.15. The molecule has 0 aromatic carbocycles. The summed E-state index contributed by atoms with van der Waals surface area (Å²) in [6, 6.07) is 0.268. The van der Waals surface area contributed by atoms with Crippen molar-refractivity contribution in [3.8, 4) is 0 Å². The summed E-state index contributed by atoms with van der Waals surface area (Å²) in [6.07, 6.45) is 2.23. The summed E-state index contributed by atoms with van der Waals surface area (Å²) in [7, 11) is 3.52. The summed E-state index contributed by atoms with van der Waals surface area (Å²) in [4.78, 5) is 12.9. The van der Waals surface area contributed by atoms with Gasteiger partial charge in [0.25, 0.3) is 0 Å². The van der Waals surface area contributed by atoms with Crippen LogP contribution in [0.1, 0.15) is 33.6 Å². The Labute approximate surface area is 81.5 Å². The fraction of sp³-hybridized carbons (Fsp3) is 0.900. The Morgan fingerprint density at radius 3 is 2.08 bits per heavy atom. The van der Waals surface area contributed by atoms with Gasteiger partial charge in [0.05, 0.1) is 0 Å². The van der Waals surface area contributed by atoms with E-state index in [1.165, 1.54) is 0 Å². The van der Waals surface area contributed by atoms with Crippen LogP contribution in [0.5, 0.6) is 0 Å². The highest BCUT2D eigenvalue weighted by molar-refractivity contribution is 5.73. The molecule has 0 rings (SSSR count). The van der Waals surface area contributed by atoms with Gasteiger partial charge in [-0.1, -0.05) is 26.7 Å². The summed E-state index contributed by atoms with van der Waals surface area (Å²) >= 11 is 0. The number of nitrogens with zero attached hydrogens (tertiary/aromatic N) is 1. The molecule has 0 radical (unpaired) electrons. The van der Waals surface area contributed by atoms with Gasteiger partial charge in [0.2, 0.25) is 0 Å². The van der Waals surface area contributed by atoms with Gasteiger partial charge in [-0.15, -0.1) is 0 Å². The first kappa shape index (κ1) is 12.3. The maximum absolute atomic E-state index is 11.3. The monoisotopic (exact) mass is 186 g/mol. The number of carbonyl (C=O) groups excluding carboxylic acids is 1. The van der Waals surface area contributed by atoms with E-state index in [2.05, 4.69) is 26.1 Å². The number of hydrogen-bond donors (Lipinski definition) is 1. The summed E-state index contributed by atoms with van der Waals surface area (Å²) in [5, 5.41) is 2.97. The minimum atomic E-state index is -0.000556. The van der Waals surface area contributed by atoms with Crippen LogP contribution in [0.15, 0.2) is 0 Å². The third-order valence-corrected chi connectivity index (χ3v) is 2.51. The molecule has 1 unspecified atom stereocenters. The zero-order valence-corrected chi connectivity index (χ0v) is 9.42. The number of amides is 2. The second-order valence-corrected chi connectivity index (χ2v) is 3.71. The average molecular weight is 186 g/mol. The maximum atomic E-state index is 11.3. The summed E-state index contributed by atoms with van der Waals surface area (Å²) in [5.74, 6) is 0.587. The van der Waals surface area contributed by atoms with Crippen molar-refractivity contribution in [3.05, 3.63) is 0 Å². The second-order valence-electron chi connectivity index (χ2n) is 3.71. The van der Waals surface area contributed by atoms with Gasteiger partial charge in [-0.25, -0.2) is 4.79 Å². The first-order chi connectivity index (χ1) is 6.02. The fourth-order valence-corrected chi connectivity index (χ4v) is 1.44. The van der Waals surface area contributed by atoms with E-state index in [-0.39, 0.29) is 12.1 Å². The Kier molecular flexibility index (Phi) is 5.51. The van der Waals surface area contributed by atoms with Gasteiger partial charge >= 0.3 is 6.03 Å². The molecule has 0 aliphatic heterocycles. The van der Waals surface area contributed by atoms with Gasteiger partial charge < -0.3 is 10.2 Å². The number of urea groups is 1. The van der Waals surface area contributed by atoms with Crippen LogP contribution in [0.25, 0.3) is 0 Å². The van der Waals surface area contributed by atoms with Crippen LogP contribution < -0.4 is 5.32 Å². The molecule has 3 nitrogen and oxygen atoms in total. The summed E-state index contributed by atoms with van der Waals surface area (Å²) in [5.41, 5.74) is 0. The van der Waals surface area contributed by atoms with E-state index in [0.29, 0.717) is 5.92 Å². The van der Waals surface area contributed by atoms with Crippen LogP contribution in [0.4, 0.5) is 4.79 Å². The van der Waals surface area contributed by atoms with Crippen molar-refractivity contribution in [1.29, 1.82) is 0 Å². The van der Waals surface area contributed by atoms with E-state index in [1.807, 2.05) is 0 Å². The summed E-state index contributed by atoms with van der Waals surface area (Å²) in [6.45, 7) is 6.39. The molecular weight excluding hydrogens is 164 g/mol. The van der Waals surface area contributed by atoms with Crippen molar-refractivity contribution in [2.75, 3.05) is 14.1 Å². The van der Waals surface area contributed by atoms with Crippen LogP contribution in [0.3, 0.4) is 0 Å². The van der Waals surface area contributed by atoms with Gasteiger partial charge in [-0.3, -0.25) is 0 Å². The first-order valence-corrected chi connectivity index (χ1v) is 5.00. The van der Waals surface area contributed by atoms with Gasteiger partial charge in [-0.2, -0.15) is 0 Å². The molecular formula is C10H22N2O. The Hall–Kier alpha value is -0.730. The minimum absolute atomic E-state index is 0.000556. The van der Waals surface area contributed by atoms with Gasteiger partial charge in [0.15, 0.2) is 0 Å². The third-order valence-electron chi connectivity index (χ3n) is 2.51. The molecule has 0 aromatic rings. The van der Waals surface area contributed by atoms with Crippen molar-refractivity contribution in [3.63, 3.8) is 0 Å².